The van der Waals surface area contributed by atoms with E-state index in [0.29, 0.717) is 18.1 Å². The van der Waals surface area contributed by atoms with E-state index in [1.54, 1.807) is 0 Å². The van der Waals surface area contributed by atoms with Gasteiger partial charge in [-0.05, 0) is 6.92 Å². The number of hydrogen-bond donors (Lipinski definition) is 1. The van der Waals surface area contributed by atoms with Gasteiger partial charge in [0.25, 0.3) is 0 Å². The Hall–Kier alpha value is -2.27. The van der Waals surface area contributed by atoms with Crippen molar-refractivity contribution in [1.82, 2.24) is 9.97 Å². The molecule has 98 valence electrons. The number of hydrogen-bond acceptors (Lipinski definition) is 4. The van der Waals surface area contributed by atoms with E-state index in [4.69, 9.17) is 9.84 Å². The first-order valence-electron chi connectivity index (χ1n) is 5.94. The third kappa shape index (κ3) is 3.14. The summed E-state index contributed by atoms with van der Waals surface area (Å²) in [7, 11) is 0. The summed E-state index contributed by atoms with van der Waals surface area (Å²) in [6, 6.07) is 9.41. The van der Waals surface area contributed by atoms with Gasteiger partial charge >= 0.3 is 5.97 Å². The van der Waals surface area contributed by atoms with Crippen molar-refractivity contribution >= 4 is 5.97 Å². The highest BCUT2D eigenvalue weighted by Gasteiger charge is 2.14. The average Bonchev–Trinajstić information content (AvgIpc) is 2.45. The summed E-state index contributed by atoms with van der Waals surface area (Å²) < 4.78 is 5.25. The summed E-state index contributed by atoms with van der Waals surface area (Å²) in [6.45, 7) is 2.52. The number of carbonyl (C=O) groups is 1. The van der Waals surface area contributed by atoms with Crippen LogP contribution in [0.4, 0.5) is 0 Å². The SMILES string of the molecule is CCOCc1nc(-c2ccccc2)ncc1C(=O)O. The number of benzene rings is 1. The molecule has 1 heterocycles. The Kier molecular flexibility index (Phi) is 4.20. The Labute approximate surface area is 110 Å². The van der Waals surface area contributed by atoms with Crippen molar-refractivity contribution in [2.75, 3.05) is 6.61 Å². The van der Waals surface area contributed by atoms with Crippen molar-refractivity contribution < 1.29 is 14.6 Å². The molecule has 0 atom stereocenters. The maximum atomic E-state index is 11.1. The molecule has 2 aromatic rings. The van der Waals surface area contributed by atoms with Crippen molar-refractivity contribution in [2.45, 2.75) is 13.5 Å². The standard InChI is InChI=1S/C14H14N2O3/c1-2-19-9-12-11(14(17)18)8-15-13(16-12)10-6-4-3-5-7-10/h3-8H,2,9H2,1H3,(H,17,18). The minimum absolute atomic E-state index is 0.0770. The molecule has 0 aliphatic heterocycles. The van der Waals surface area contributed by atoms with Gasteiger partial charge in [-0.25, -0.2) is 14.8 Å². The van der Waals surface area contributed by atoms with E-state index in [9.17, 15) is 4.79 Å². The lowest BCUT2D eigenvalue weighted by Crippen LogP contribution is -2.09. The molecule has 1 N–H and O–H groups in total. The highest BCUT2D eigenvalue weighted by molar-refractivity contribution is 5.88. The van der Waals surface area contributed by atoms with E-state index < -0.39 is 5.97 Å². The van der Waals surface area contributed by atoms with Gasteiger partial charge in [-0.15, -0.1) is 0 Å². The summed E-state index contributed by atoms with van der Waals surface area (Å²) in [4.78, 5) is 19.5. The summed E-state index contributed by atoms with van der Waals surface area (Å²) >= 11 is 0. The summed E-state index contributed by atoms with van der Waals surface area (Å²) in [6.07, 6.45) is 1.33. The van der Waals surface area contributed by atoms with E-state index in [2.05, 4.69) is 9.97 Å². The Morgan fingerprint density at radius 1 is 1.32 bits per heavy atom. The Morgan fingerprint density at radius 3 is 2.68 bits per heavy atom. The first kappa shape index (κ1) is 13.2. The van der Waals surface area contributed by atoms with Crippen molar-refractivity contribution in [3.8, 4) is 11.4 Å². The van der Waals surface area contributed by atoms with E-state index in [0.717, 1.165) is 5.56 Å². The summed E-state index contributed by atoms with van der Waals surface area (Å²) in [5, 5.41) is 9.09. The van der Waals surface area contributed by atoms with Crippen LogP contribution in [0.2, 0.25) is 0 Å². The number of aromatic carboxylic acids is 1. The molecule has 0 spiro atoms. The van der Waals surface area contributed by atoms with E-state index in [1.165, 1.54) is 6.20 Å². The minimum Gasteiger partial charge on any atom is -0.478 e. The van der Waals surface area contributed by atoms with Gasteiger partial charge in [0.2, 0.25) is 0 Å². The lowest BCUT2D eigenvalue weighted by atomic mass is 10.2. The monoisotopic (exact) mass is 258 g/mol. The molecule has 0 fully saturated rings. The fourth-order valence-corrected chi connectivity index (χ4v) is 1.63. The highest BCUT2D eigenvalue weighted by atomic mass is 16.5. The average molecular weight is 258 g/mol. The zero-order chi connectivity index (χ0) is 13.7. The molecule has 0 radical (unpaired) electrons. The van der Waals surface area contributed by atoms with Crippen molar-refractivity contribution in [1.29, 1.82) is 0 Å². The maximum absolute atomic E-state index is 11.1. The van der Waals surface area contributed by atoms with Gasteiger partial charge in [0.15, 0.2) is 5.82 Å². The molecule has 1 aromatic heterocycles. The Bertz CT molecular complexity index is 570. The number of rotatable bonds is 5. The van der Waals surface area contributed by atoms with Crippen LogP contribution in [0.5, 0.6) is 0 Å². The molecule has 0 aliphatic carbocycles. The van der Waals surface area contributed by atoms with Crippen LogP contribution in [0.25, 0.3) is 11.4 Å². The van der Waals surface area contributed by atoms with Crippen molar-refractivity contribution in [2.24, 2.45) is 0 Å². The highest BCUT2D eigenvalue weighted by Crippen LogP contribution is 2.16. The normalized spacial score (nSPS) is 10.4. The van der Waals surface area contributed by atoms with Gasteiger partial charge in [0.05, 0.1) is 12.3 Å². The fourth-order valence-electron chi connectivity index (χ4n) is 1.63. The molecule has 0 amide bonds. The quantitative estimate of drug-likeness (QED) is 0.891. The number of aromatic nitrogens is 2. The molecule has 0 aliphatic rings. The van der Waals surface area contributed by atoms with E-state index >= 15 is 0 Å². The Balaban J connectivity index is 2.40. The molecular formula is C14H14N2O3. The second-order valence-electron chi connectivity index (χ2n) is 3.86. The molecule has 1 aromatic carbocycles. The van der Waals surface area contributed by atoms with E-state index in [-0.39, 0.29) is 12.2 Å². The zero-order valence-corrected chi connectivity index (χ0v) is 10.5. The van der Waals surface area contributed by atoms with Crippen LogP contribution in [-0.2, 0) is 11.3 Å². The van der Waals surface area contributed by atoms with Gasteiger partial charge in [-0.3, -0.25) is 0 Å². The van der Waals surface area contributed by atoms with Crippen LogP contribution in [0.1, 0.15) is 23.0 Å². The molecule has 0 saturated carbocycles. The first-order chi connectivity index (χ1) is 9.22. The molecule has 19 heavy (non-hydrogen) atoms. The smallest absolute Gasteiger partial charge is 0.339 e. The number of nitrogens with zero attached hydrogens (tertiary/aromatic N) is 2. The van der Waals surface area contributed by atoms with Crippen LogP contribution in [0.15, 0.2) is 36.5 Å². The van der Waals surface area contributed by atoms with Crippen LogP contribution >= 0.6 is 0 Å². The maximum Gasteiger partial charge on any atom is 0.339 e. The third-order valence-electron chi connectivity index (χ3n) is 2.57. The lowest BCUT2D eigenvalue weighted by molar-refractivity contribution is 0.0686. The number of ether oxygens (including phenoxy) is 1. The predicted molar refractivity (Wildman–Crippen MR) is 69.8 cm³/mol. The molecule has 0 saturated heterocycles. The van der Waals surface area contributed by atoms with Gasteiger partial charge < -0.3 is 9.84 Å². The molecule has 2 rings (SSSR count). The lowest BCUT2D eigenvalue weighted by Gasteiger charge is -2.07. The van der Waals surface area contributed by atoms with Crippen LogP contribution in [0.3, 0.4) is 0 Å². The molecular weight excluding hydrogens is 244 g/mol. The Morgan fingerprint density at radius 2 is 2.05 bits per heavy atom. The van der Waals surface area contributed by atoms with Crippen molar-refractivity contribution in [3.63, 3.8) is 0 Å². The zero-order valence-electron chi connectivity index (χ0n) is 10.5. The first-order valence-corrected chi connectivity index (χ1v) is 5.94. The molecule has 0 unspecified atom stereocenters. The van der Waals surface area contributed by atoms with Crippen LogP contribution in [-0.4, -0.2) is 27.7 Å². The minimum atomic E-state index is -1.05. The van der Waals surface area contributed by atoms with Gasteiger partial charge in [-0.2, -0.15) is 0 Å². The van der Waals surface area contributed by atoms with Gasteiger partial charge in [0.1, 0.15) is 5.56 Å². The number of carboxylic acids is 1. The summed E-state index contributed by atoms with van der Waals surface area (Å²) in [5.74, 6) is -0.547. The molecule has 5 heteroatoms. The van der Waals surface area contributed by atoms with Crippen LogP contribution in [0, 0.1) is 0 Å². The second kappa shape index (κ2) is 6.06. The fraction of sp³-hybridized carbons (Fsp3) is 0.214. The van der Waals surface area contributed by atoms with Gasteiger partial charge in [-0.1, -0.05) is 30.3 Å². The summed E-state index contributed by atoms with van der Waals surface area (Å²) in [5.41, 5.74) is 1.31. The largest absolute Gasteiger partial charge is 0.478 e. The third-order valence-corrected chi connectivity index (χ3v) is 2.57. The van der Waals surface area contributed by atoms with Gasteiger partial charge in [0, 0.05) is 18.4 Å². The second-order valence-corrected chi connectivity index (χ2v) is 3.86. The van der Waals surface area contributed by atoms with Crippen LogP contribution < -0.4 is 0 Å². The topological polar surface area (TPSA) is 72.3 Å². The molecule has 5 nitrogen and oxygen atoms in total. The van der Waals surface area contributed by atoms with E-state index in [1.807, 2.05) is 37.3 Å². The molecule has 0 bridgehead atoms. The number of carboxylic acid groups (broad SMARTS) is 1. The predicted octanol–water partition coefficient (Wildman–Crippen LogP) is 2.38. The van der Waals surface area contributed by atoms with Crippen molar-refractivity contribution in [3.05, 3.63) is 47.8 Å².